The van der Waals surface area contributed by atoms with E-state index in [4.69, 9.17) is 0 Å². The van der Waals surface area contributed by atoms with E-state index in [1.54, 1.807) is 16.4 Å². The van der Waals surface area contributed by atoms with E-state index in [-0.39, 0.29) is 28.5 Å². The third kappa shape index (κ3) is 4.80. The van der Waals surface area contributed by atoms with E-state index >= 15 is 0 Å². The minimum atomic E-state index is -3.56. The molecule has 0 bridgehead atoms. The molecular weight excluding hydrogens is 530 g/mol. The van der Waals surface area contributed by atoms with Crippen molar-refractivity contribution in [3.05, 3.63) is 24.3 Å². The van der Waals surface area contributed by atoms with Gasteiger partial charge >= 0.3 is 0 Å². The lowest BCUT2D eigenvalue weighted by atomic mass is 9.81. The molecule has 3 saturated heterocycles. The van der Waals surface area contributed by atoms with E-state index in [2.05, 4.69) is 27.1 Å². The van der Waals surface area contributed by atoms with Crippen molar-refractivity contribution in [1.29, 1.82) is 5.26 Å². The monoisotopic (exact) mass is 565 g/mol. The molecule has 4 aliphatic rings. The van der Waals surface area contributed by atoms with Crippen molar-refractivity contribution in [2.45, 2.75) is 66.4 Å². The molecule has 0 radical (unpaired) electrons. The largest absolute Gasteiger partial charge is 0.368 e. The van der Waals surface area contributed by atoms with Gasteiger partial charge in [-0.25, -0.2) is 35.9 Å². The van der Waals surface area contributed by atoms with Gasteiger partial charge in [0, 0.05) is 45.5 Å². The van der Waals surface area contributed by atoms with Gasteiger partial charge in [0.25, 0.3) is 0 Å². The minimum Gasteiger partial charge on any atom is -0.368 e. The number of nitrogens with one attached hydrogen (secondary N) is 3. The number of amides is 1. The van der Waals surface area contributed by atoms with E-state index in [0.29, 0.717) is 57.4 Å². The first kappa shape index (κ1) is 27.3. The Hall–Kier alpha value is -2.28. The number of carbonyl (C=O) groups is 1. The highest BCUT2D eigenvalue weighted by molar-refractivity contribution is 7.90. The van der Waals surface area contributed by atoms with E-state index in [1.807, 2.05) is 0 Å². The first-order valence-corrected chi connectivity index (χ1v) is 15.9. The van der Waals surface area contributed by atoms with E-state index in [9.17, 15) is 26.9 Å². The Morgan fingerprint density at radius 2 is 1.76 bits per heavy atom. The number of nitrogens with zero attached hydrogens (tertiary/aromatic N) is 4. The van der Waals surface area contributed by atoms with Crippen LogP contribution in [0.15, 0.2) is 29.2 Å². The number of carbonyl (C=O) groups excluding carboxylic acids is 1. The van der Waals surface area contributed by atoms with Crippen molar-refractivity contribution < 1.29 is 21.6 Å². The smallest absolute Gasteiger partial charge is 0.242 e. The SMILES string of the molecule is CN(C)S(=O)(=O)c1ccc(NC2NN(C3(CC#N)CCN(S(=O)(=O)C4CC4)CC3)C3CCNC(=O)C23)cc1. The maximum Gasteiger partial charge on any atom is 0.242 e. The summed E-state index contributed by atoms with van der Waals surface area (Å²) in [5, 5.41) is 17.8. The van der Waals surface area contributed by atoms with Gasteiger partial charge in [-0.2, -0.15) is 5.26 Å². The van der Waals surface area contributed by atoms with Gasteiger partial charge in [-0.3, -0.25) is 4.79 Å². The molecule has 3 unspecified atom stereocenters. The minimum absolute atomic E-state index is 0.0959. The van der Waals surface area contributed by atoms with Gasteiger partial charge in [-0.1, -0.05) is 0 Å². The standard InChI is InChI=1S/C24H35N7O5S2/c1-29(2)37(33,34)18-5-3-17(4-6-18)27-22-21-20(9-14-26-23(21)32)31(28-22)24(10-13-25)11-15-30(16-12-24)38(35,36)19-7-8-19/h3-6,19-22,27-28H,7-12,14-16H2,1-2H3,(H,26,32). The molecule has 208 valence electrons. The maximum atomic E-state index is 13.0. The highest BCUT2D eigenvalue weighted by Crippen LogP contribution is 2.42. The Balaban J connectivity index is 1.37. The Labute approximate surface area is 224 Å². The Bertz CT molecular complexity index is 1310. The van der Waals surface area contributed by atoms with Crippen LogP contribution < -0.4 is 16.1 Å². The number of rotatable bonds is 8. The van der Waals surface area contributed by atoms with Crippen molar-refractivity contribution in [1.82, 2.24) is 24.4 Å². The Morgan fingerprint density at radius 3 is 2.34 bits per heavy atom. The maximum absolute atomic E-state index is 13.0. The molecule has 3 atom stereocenters. The molecule has 12 nitrogen and oxygen atoms in total. The summed E-state index contributed by atoms with van der Waals surface area (Å²) >= 11 is 0. The van der Waals surface area contributed by atoms with Crippen LogP contribution in [0, 0.1) is 17.2 Å². The van der Waals surface area contributed by atoms with Crippen LogP contribution in [0.3, 0.4) is 0 Å². The lowest BCUT2D eigenvalue weighted by Gasteiger charge is -2.48. The molecule has 14 heteroatoms. The van der Waals surface area contributed by atoms with Gasteiger partial charge in [-0.15, -0.1) is 0 Å². The molecule has 4 fully saturated rings. The van der Waals surface area contributed by atoms with E-state index < -0.39 is 37.7 Å². The molecule has 0 spiro atoms. The van der Waals surface area contributed by atoms with Crippen LogP contribution >= 0.6 is 0 Å². The summed E-state index contributed by atoms with van der Waals surface area (Å²) in [4.78, 5) is 13.2. The number of benzene rings is 1. The topological polar surface area (TPSA) is 155 Å². The first-order valence-electron chi connectivity index (χ1n) is 13.0. The number of hydrogen-bond donors (Lipinski definition) is 3. The van der Waals surface area contributed by atoms with E-state index in [0.717, 1.165) is 4.31 Å². The molecule has 1 aromatic rings. The Morgan fingerprint density at radius 1 is 1.11 bits per heavy atom. The fourth-order valence-corrected chi connectivity index (χ4v) is 8.66. The average Bonchev–Trinajstić information content (AvgIpc) is 3.68. The number of piperidine rings is 2. The molecule has 1 saturated carbocycles. The third-order valence-corrected chi connectivity index (χ3v) is 12.5. The van der Waals surface area contributed by atoms with Crippen molar-refractivity contribution in [2.24, 2.45) is 5.92 Å². The first-order chi connectivity index (χ1) is 18.0. The fraction of sp³-hybridized carbons (Fsp3) is 0.667. The lowest BCUT2D eigenvalue weighted by molar-refractivity contribution is -0.128. The van der Waals surface area contributed by atoms with Crippen LogP contribution in [0.2, 0.25) is 0 Å². The van der Waals surface area contributed by atoms with Crippen LogP contribution in [-0.4, -0.2) is 93.1 Å². The summed E-state index contributed by atoms with van der Waals surface area (Å²) in [7, 11) is -3.90. The van der Waals surface area contributed by atoms with Crippen LogP contribution in [-0.2, 0) is 24.8 Å². The molecule has 3 aliphatic heterocycles. The highest BCUT2D eigenvalue weighted by Gasteiger charge is 2.56. The zero-order valence-electron chi connectivity index (χ0n) is 21.6. The quantitative estimate of drug-likeness (QED) is 0.402. The molecule has 3 heterocycles. The molecule has 1 aromatic carbocycles. The third-order valence-electron chi connectivity index (χ3n) is 8.26. The van der Waals surface area contributed by atoms with Gasteiger partial charge < -0.3 is 10.6 Å². The van der Waals surface area contributed by atoms with Gasteiger partial charge in [0.05, 0.1) is 34.1 Å². The fourth-order valence-electron chi connectivity index (χ4n) is 5.91. The normalized spacial score (nSPS) is 28.5. The molecule has 1 amide bonds. The second-order valence-electron chi connectivity index (χ2n) is 10.8. The van der Waals surface area contributed by atoms with Crippen LogP contribution in [0.5, 0.6) is 0 Å². The van der Waals surface area contributed by atoms with Crippen molar-refractivity contribution >= 4 is 31.6 Å². The molecule has 0 aromatic heterocycles. The van der Waals surface area contributed by atoms with Crippen LogP contribution in [0.25, 0.3) is 0 Å². The highest BCUT2D eigenvalue weighted by atomic mass is 32.2. The summed E-state index contributed by atoms with van der Waals surface area (Å²) in [5.41, 5.74) is 3.52. The number of hydrogen-bond acceptors (Lipinski definition) is 9. The van der Waals surface area contributed by atoms with Crippen molar-refractivity contribution in [2.75, 3.05) is 39.0 Å². The summed E-state index contributed by atoms with van der Waals surface area (Å²) in [6, 6.07) is 8.53. The van der Waals surface area contributed by atoms with Crippen molar-refractivity contribution in [3.63, 3.8) is 0 Å². The number of nitriles is 1. The lowest BCUT2D eigenvalue weighted by Crippen LogP contribution is -2.62. The number of anilines is 1. The summed E-state index contributed by atoms with van der Waals surface area (Å²) in [5.74, 6) is -0.542. The number of sulfonamides is 2. The van der Waals surface area contributed by atoms with Gasteiger partial charge in [0.1, 0.15) is 6.17 Å². The zero-order chi connectivity index (χ0) is 27.3. The zero-order valence-corrected chi connectivity index (χ0v) is 23.3. The predicted molar refractivity (Wildman–Crippen MR) is 140 cm³/mol. The molecule has 5 rings (SSSR count). The average molecular weight is 566 g/mol. The van der Waals surface area contributed by atoms with Crippen LogP contribution in [0.4, 0.5) is 5.69 Å². The summed E-state index contributed by atoms with van der Waals surface area (Å²) in [6.07, 6.45) is 2.84. The molecule has 3 N–H and O–H groups in total. The van der Waals surface area contributed by atoms with E-state index in [1.165, 1.54) is 26.2 Å². The second-order valence-corrected chi connectivity index (χ2v) is 15.2. The Kier molecular flexibility index (Phi) is 7.21. The molecular formula is C24H35N7O5S2. The van der Waals surface area contributed by atoms with Gasteiger partial charge in [0.2, 0.25) is 26.0 Å². The number of hydrazine groups is 1. The number of fused-ring (bicyclic) bond motifs is 1. The van der Waals surface area contributed by atoms with Crippen molar-refractivity contribution in [3.8, 4) is 6.07 Å². The predicted octanol–water partition coefficient (Wildman–Crippen LogP) is 0.240. The summed E-state index contributed by atoms with van der Waals surface area (Å²) in [6.45, 7) is 1.22. The molecule has 38 heavy (non-hydrogen) atoms. The van der Waals surface area contributed by atoms with Crippen LogP contribution in [0.1, 0.15) is 38.5 Å². The molecule has 1 aliphatic carbocycles. The second kappa shape index (κ2) is 10.0. The van der Waals surface area contributed by atoms with Gasteiger partial charge in [-0.05, 0) is 56.4 Å². The summed E-state index contributed by atoms with van der Waals surface area (Å²) < 4.78 is 53.2. The van der Waals surface area contributed by atoms with Gasteiger partial charge in [0.15, 0.2) is 0 Å².